The first-order chi connectivity index (χ1) is 12.9. The van der Waals surface area contributed by atoms with Crippen molar-refractivity contribution in [1.82, 2.24) is 14.8 Å². The standard InChI is InChI=1S/C21H30N4O2/c1-16-11-18(12-17(2)22-16)23-7-9-24(10-8-23)20(27)14-25-15-21(13-19(25)26)5-3-4-6-21/h11-12H,3-10,13-15H2,1-2H3. The number of rotatable bonds is 3. The average molecular weight is 370 g/mol. The van der Waals surface area contributed by atoms with Gasteiger partial charge in [-0.2, -0.15) is 0 Å². The summed E-state index contributed by atoms with van der Waals surface area (Å²) in [6.07, 6.45) is 5.39. The highest BCUT2D eigenvalue weighted by molar-refractivity contribution is 5.86. The molecule has 1 aliphatic carbocycles. The van der Waals surface area contributed by atoms with Gasteiger partial charge < -0.3 is 14.7 Å². The molecule has 3 heterocycles. The molecule has 6 nitrogen and oxygen atoms in total. The van der Waals surface area contributed by atoms with E-state index in [0.29, 0.717) is 19.5 Å². The largest absolute Gasteiger partial charge is 0.368 e. The topological polar surface area (TPSA) is 56.8 Å². The maximum atomic E-state index is 12.8. The number of anilines is 1. The molecule has 1 saturated carbocycles. The molecule has 3 aliphatic rings. The van der Waals surface area contributed by atoms with E-state index in [-0.39, 0.29) is 23.8 Å². The van der Waals surface area contributed by atoms with Crippen LogP contribution < -0.4 is 4.90 Å². The molecule has 6 heteroatoms. The molecule has 2 aliphatic heterocycles. The average Bonchev–Trinajstić information content (AvgIpc) is 3.20. The minimum Gasteiger partial charge on any atom is -0.368 e. The summed E-state index contributed by atoms with van der Waals surface area (Å²) in [5.74, 6) is 0.270. The van der Waals surface area contributed by atoms with Gasteiger partial charge in [0.05, 0.1) is 6.54 Å². The summed E-state index contributed by atoms with van der Waals surface area (Å²) >= 11 is 0. The van der Waals surface area contributed by atoms with E-state index in [1.165, 1.54) is 18.5 Å². The molecule has 27 heavy (non-hydrogen) atoms. The van der Waals surface area contributed by atoms with Crippen LogP contribution in [0.3, 0.4) is 0 Å². The first-order valence-electron chi connectivity index (χ1n) is 10.2. The number of aryl methyl sites for hydroxylation is 2. The molecule has 0 N–H and O–H groups in total. The summed E-state index contributed by atoms with van der Waals surface area (Å²) in [7, 11) is 0. The Hall–Kier alpha value is -2.11. The third-order valence-corrected chi connectivity index (χ3v) is 6.46. The van der Waals surface area contributed by atoms with Gasteiger partial charge in [0.1, 0.15) is 0 Å². The van der Waals surface area contributed by atoms with Crippen LogP contribution in [-0.2, 0) is 9.59 Å². The van der Waals surface area contributed by atoms with Crippen molar-refractivity contribution < 1.29 is 9.59 Å². The quantitative estimate of drug-likeness (QED) is 0.818. The summed E-state index contributed by atoms with van der Waals surface area (Å²) in [5.41, 5.74) is 3.41. The lowest BCUT2D eigenvalue weighted by atomic mass is 9.85. The Morgan fingerprint density at radius 3 is 2.33 bits per heavy atom. The summed E-state index contributed by atoms with van der Waals surface area (Å²) < 4.78 is 0. The number of amides is 2. The van der Waals surface area contributed by atoms with Gasteiger partial charge in [-0.15, -0.1) is 0 Å². The maximum Gasteiger partial charge on any atom is 0.242 e. The highest BCUT2D eigenvalue weighted by Gasteiger charge is 2.45. The minimum atomic E-state index is 0.0973. The molecular weight excluding hydrogens is 340 g/mol. The number of hydrogen-bond acceptors (Lipinski definition) is 4. The number of hydrogen-bond donors (Lipinski definition) is 0. The Bertz CT molecular complexity index is 713. The van der Waals surface area contributed by atoms with Crippen LogP contribution in [0.25, 0.3) is 0 Å². The second kappa shape index (κ2) is 7.13. The molecule has 0 bridgehead atoms. The van der Waals surface area contributed by atoms with Gasteiger partial charge in [0.2, 0.25) is 11.8 Å². The van der Waals surface area contributed by atoms with Gasteiger partial charge in [-0.25, -0.2) is 0 Å². The van der Waals surface area contributed by atoms with Gasteiger partial charge in [0.15, 0.2) is 0 Å². The number of carbonyl (C=O) groups is 2. The van der Waals surface area contributed by atoms with Gasteiger partial charge in [-0.3, -0.25) is 14.6 Å². The molecule has 0 radical (unpaired) electrons. The van der Waals surface area contributed by atoms with Crippen molar-refractivity contribution in [2.75, 3.05) is 44.2 Å². The monoisotopic (exact) mass is 370 g/mol. The van der Waals surface area contributed by atoms with Gasteiger partial charge in [-0.05, 0) is 44.2 Å². The molecule has 1 aromatic heterocycles. The molecule has 146 valence electrons. The molecule has 2 saturated heterocycles. The fourth-order valence-electron chi connectivity index (χ4n) is 5.06. The lowest BCUT2D eigenvalue weighted by Gasteiger charge is -2.37. The predicted molar refractivity (Wildman–Crippen MR) is 105 cm³/mol. The van der Waals surface area contributed by atoms with E-state index in [9.17, 15) is 9.59 Å². The Kier molecular flexibility index (Phi) is 4.82. The molecule has 2 amide bonds. The van der Waals surface area contributed by atoms with Crippen LogP contribution in [-0.4, -0.2) is 65.9 Å². The zero-order chi connectivity index (χ0) is 19.0. The SMILES string of the molecule is Cc1cc(N2CCN(C(=O)CN3CC4(CCCC4)CC3=O)CC2)cc(C)n1. The van der Waals surface area contributed by atoms with E-state index in [1.54, 1.807) is 0 Å². The van der Waals surface area contributed by atoms with Crippen LogP contribution in [0.5, 0.6) is 0 Å². The lowest BCUT2D eigenvalue weighted by molar-refractivity contribution is -0.138. The molecule has 4 rings (SSSR count). The molecule has 1 spiro atoms. The smallest absolute Gasteiger partial charge is 0.242 e. The number of piperazine rings is 1. The van der Waals surface area contributed by atoms with Crippen molar-refractivity contribution in [1.29, 1.82) is 0 Å². The van der Waals surface area contributed by atoms with E-state index in [1.807, 2.05) is 23.6 Å². The second-order valence-electron chi connectivity index (χ2n) is 8.61. The van der Waals surface area contributed by atoms with E-state index >= 15 is 0 Å². The molecule has 0 aromatic carbocycles. The highest BCUT2D eigenvalue weighted by atomic mass is 16.2. The summed E-state index contributed by atoms with van der Waals surface area (Å²) in [5, 5.41) is 0. The number of carbonyl (C=O) groups excluding carboxylic acids is 2. The van der Waals surface area contributed by atoms with Crippen molar-refractivity contribution >= 4 is 17.5 Å². The van der Waals surface area contributed by atoms with Gasteiger partial charge in [-0.1, -0.05) is 12.8 Å². The fraction of sp³-hybridized carbons (Fsp3) is 0.667. The van der Waals surface area contributed by atoms with Crippen molar-refractivity contribution in [3.05, 3.63) is 23.5 Å². The Morgan fingerprint density at radius 1 is 1.07 bits per heavy atom. The number of nitrogens with zero attached hydrogens (tertiary/aromatic N) is 4. The van der Waals surface area contributed by atoms with Crippen LogP contribution >= 0.6 is 0 Å². The zero-order valence-corrected chi connectivity index (χ0v) is 16.5. The third-order valence-electron chi connectivity index (χ3n) is 6.46. The van der Waals surface area contributed by atoms with E-state index < -0.39 is 0 Å². The maximum absolute atomic E-state index is 12.8. The van der Waals surface area contributed by atoms with Crippen molar-refractivity contribution in [2.24, 2.45) is 5.41 Å². The van der Waals surface area contributed by atoms with Crippen molar-refractivity contribution in [2.45, 2.75) is 46.0 Å². The van der Waals surface area contributed by atoms with Crippen LogP contribution in [0.2, 0.25) is 0 Å². The van der Waals surface area contributed by atoms with E-state index in [0.717, 1.165) is 43.9 Å². The van der Waals surface area contributed by atoms with Gasteiger partial charge >= 0.3 is 0 Å². The Balaban J connectivity index is 1.32. The van der Waals surface area contributed by atoms with Crippen LogP contribution in [0, 0.1) is 19.3 Å². The van der Waals surface area contributed by atoms with E-state index in [2.05, 4.69) is 22.0 Å². The number of aromatic nitrogens is 1. The van der Waals surface area contributed by atoms with Gasteiger partial charge in [0, 0.05) is 56.2 Å². The molecule has 0 unspecified atom stereocenters. The lowest BCUT2D eigenvalue weighted by Crippen LogP contribution is -2.51. The summed E-state index contributed by atoms with van der Waals surface area (Å²) in [4.78, 5) is 35.6. The number of pyridine rings is 1. The van der Waals surface area contributed by atoms with Crippen molar-refractivity contribution in [3.63, 3.8) is 0 Å². The van der Waals surface area contributed by atoms with Crippen LogP contribution in [0.15, 0.2) is 12.1 Å². The second-order valence-corrected chi connectivity index (χ2v) is 8.61. The normalized spacial score (nSPS) is 22.1. The third kappa shape index (κ3) is 3.80. The molecule has 3 fully saturated rings. The Labute approximate surface area is 161 Å². The molecular formula is C21H30N4O2. The minimum absolute atomic E-state index is 0.0973. The highest BCUT2D eigenvalue weighted by Crippen LogP contribution is 2.45. The predicted octanol–water partition coefficient (Wildman–Crippen LogP) is 2.14. The molecule has 1 aromatic rings. The van der Waals surface area contributed by atoms with Crippen LogP contribution in [0.4, 0.5) is 5.69 Å². The van der Waals surface area contributed by atoms with Gasteiger partial charge in [0.25, 0.3) is 0 Å². The van der Waals surface area contributed by atoms with Crippen molar-refractivity contribution in [3.8, 4) is 0 Å². The van der Waals surface area contributed by atoms with E-state index in [4.69, 9.17) is 0 Å². The fourth-order valence-corrected chi connectivity index (χ4v) is 5.06. The summed E-state index contributed by atoms with van der Waals surface area (Å²) in [6, 6.07) is 4.21. The molecule has 0 atom stereocenters. The summed E-state index contributed by atoms with van der Waals surface area (Å²) in [6.45, 7) is 8.15. The number of likely N-dealkylation sites (tertiary alicyclic amines) is 1. The van der Waals surface area contributed by atoms with Crippen LogP contribution in [0.1, 0.15) is 43.5 Å². The Morgan fingerprint density at radius 2 is 1.70 bits per heavy atom. The zero-order valence-electron chi connectivity index (χ0n) is 16.5. The first-order valence-corrected chi connectivity index (χ1v) is 10.2. The first kappa shape index (κ1) is 18.3.